The van der Waals surface area contributed by atoms with Crippen molar-refractivity contribution in [2.45, 2.75) is 39.2 Å². The van der Waals surface area contributed by atoms with Gasteiger partial charge in [-0.05, 0) is 50.1 Å². The van der Waals surface area contributed by atoms with Crippen molar-refractivity contribution < 1.29 is 4.79 Å². The lowest BCUT2D eigenvalue weighted by molar-refractivity contribution is -0.117. The molecular formula is C22H21BrN4O. The molecule has 5 nitrogen and oxygen atoms in total. The maximum atomic E-state index is 11.7. The molecule has 0 radical (unpaired) electrons. The molecule has 3 heterocycles. The van der Waals surface area contributed by atoms with Gasteiger partial charge in [-0.3, -0.25) is 14.5 Å². The highest BCUT2D eigenvalue weighted by atomic mass is 79.9. The number of carbonyl (C=O) groups is 1. The zero-order chi connectivity index (χ0) is 19.7. The third-order valence-corrected chi connectivity index (χ3v) is 5.43. The van der Waals surface area contributed by atoms with Crippen LogP contribution in [0.4, 0.5) is 0 Å². The maximum Gasteiger partial charge on any atom is 0.138 e. The van der Waals surface area contributed by atoms with E-state index in [2.05, 4.69) is 44.5 Å². The summed E-state index contributed by atoms with van der Waals surface area (Å²) in [5, 5.41) is 0. The van der Waals surface area contributed by atoms with Gasteiger partial charge in [0.15, 0.2) is 0 Å². The summed E-state index contributed by atoms with van der Waals surface area (Å²) in [6.07, 6.45) is 5.66. The predicted octanol–water partition coefficient (Wildman–Crippen LogP) is 4.85. The van der Waals surface area contributed by atoms with E-state index >= 15 is 0 Å². The Kier molecular flexibility index (Phi) is 5.22. The van der Waals surface area contributed by atoms with Crippen LogP contribution in [-0.2, 0) is 11.2 Å². The lowest BCUT2D eigenvalue weighted by Crippen LogP contribution is -2.10. The third kappa shape index (κ3) is 3.44. The number of carbonyl (C=O) groups excluding carboxylic acids is 1. The van der Waals surface area contributed by atoms with Gasteiger partial charge in [-0.15, -0.1) is 0 Å². The van der Waals surface area contributed by atoms with Crippen LogP contribution < -0.4 is 0 Å². The molecule has 1 aliphatic rings. The Morgan fingerprint density at radius 1 is 1.21 bits per heavy atom. The lowest BCUT2D eigenvalue weighted by Gasteiger charge is -2.15. The van der Waals surface area contributed by atoms with Crippen LogP contribution in [0, 0.1) is 0 Å². The van der Waals surface area contributed by atoms with E-state index in [4.69, 9.17) is 9.98 Å². The Labute approximate surface area is 172 Å². The summed E-state index contributed by atoms with van der Waals surface area (Å²) in [5.74, 6) is 1.04. The minimum atomic E-state index is -0.201. The molecule has 1 atom stereocenters. The molecule has 3 aromatic rings. The van der Waals surface area contributed by atoms with E-state index in [0.29, 0.717) is 12.8 Å². The molecule has 142 valence electrons. The van der Waals surface area contributed by atoms with Crippen molar-refractivity contribution >= 4 is 27.4 Å². The number of aryl methyl sites for hydroxylation is 1. The van der Waals surface area contributed by atoms with Crippen molar-refractivity contribution in [3.05, 3.63) is 76.0 Å². The Balaban J connectivity index is 1.98. The average Bonchev–Trinajstić information content (AvgIpc) is 3.07. The second-order valence-corrected chi connectivity index (χ2v) is 7.82. The van der Waals surface area contributed by atoms with Gasteiger partial charge < -0.3 is 4.79 Å². The van der Waals surface area contributed by atoms with E-state index in [0.717, 1.165) is 45.1 Å². The first-order chi connectivity index (χ1) is 13.6. The summed E-state index contributed by atoms with van der Waals surface area (Å²) in [6, 6.07) is 11.8. The average molecular weight is 437 g/mol. The van der Waals surface area contributed by atoms with Crippen LogP contribution in [0.2, 0.25) is 0 Å². The molecule has 28 heavy (non-hydrogen) atoms. The number of nitrogens with zero attached hydrogens (tertiary/aromatic N) is 4. The van der Waals surface area contributed by atoms with Crippen LogP contribution >= 0.6 is 15.9 Å². The van der Waals surface area contributed by atoms with Crippen LogP contribution in [0.3, 0.4) is 0 Å². The molecule has 0 bridgehead atoms. The van der Waals surface area contributed by atoms with Crippen LogP contribution in [0.25, 0.3) is 5.69 Å². The number of benzene rings is 1. The molecule has 0 unspecified atom stereocenters. The Morgan fingerprint density at radius 2 is 2.07 bits per heavy atom. The first-order valence-corrected chi connectivity index (χ1v) is 10.2. The molecule has 1 aliphatic heterocycles. The normalized spacial score (nSPS) is 15.4. The molecule has 0 aliphatic carbocycles. The Hall–Kier alpha value is -2.60. The minimum Gasteiger partial charge on any atom is -0.300 e. The standard InChI is InChI=1S/C22H21BrN4O/c1-3-16-13-25-22-19(9-7-14(2)28)26-21(18-6-4-5-11-24-18)17-12-15(23)8-10-20(17)27(16)22/h4-6,8,10-13,19H,3,7,9H2,1-2H3/t19-/m0/s1. The zero-order valence-electron chi connectivity index (χ0n) is 15.9. The number of hydrogen-bond donors (Lipinski definition) is 0. The number of ketones is 1. The summed E-state index contributed by atoms with van der Waals surface area (Å²) >= 11 is 3.60. The number of hydrogen-bond acceptors (Lipinski definition) is 4. The van der Waals surface area contributed by atoms with Gasteiger partial charge >= 0.3 is 0 Å². The first kappa shape index (κ1) is 18.7. The van der Waals surface area contributed by atoms with Crippen molar-refractivity contribution in [1.29, 1.82) is 0 Å². The van der Waals surface area contributed by atoms with Crippen LogP contribution in [-0.4, -0.2) is 26.0 Å². The van der Waals surface area contributed by atoms with Gasteiger partial charge in [0, 0.05) is 34.5 Å². The van der Waals surface area contributed by atoms with Crippen molar-refractivity contribution in [1.82, 2.24) is 14.5 Å². The van der Waals surface area contributed by atoms with E-state index in [1.807, 2.05) is 30.5 Å². The molecule has 2 aromatic heterocycles. The molecule has 0 amide bonds. The summed E-state index contributed by atoms with van der Waals surface area (Å²) < 4.78 is 3.18. The molecule has 0 N–H and O–H groups in total. The van der Waals surface area contributed by atoms with E-state index < -0.39 is 0 Å². The lowest BCUT2D eigenvalue weighted by atomic mass is 10.0. The second kappa shape index (κ2) is 7.80. The number of aliphatic imine (C=N–C) groups is 1. The smallest absolute Gasteiger partial charge is 0.138 e. The van der Waals surface area contributed by atoms with Gasteiger partial charge in [-0.1, -0.05) is 28.9 Å². The minimum absolute atomic E-state index is 0.160. The van der Waals surface area contributed by atoms with E-state index in [1.165, 1.54) is 0 Å². The highest BCUT2D eigenvalue weighted by molar-refractivity contribution is 9.10. The Morgan fingerprint density at radius 3 is 2.79 bits per heavy atom. The summed E-state index contributed by atoms with van der Waals surface area (Å²) in [6.45, 7) is 3.74. The second-order valence-electron chi connectivity index (χ2n) is 6.91. The van der Waals surface area contributed by atoms with E-state index in [9.17, 15) is 4.79 Å². The third-order valence-electron chi connectivity index (χ3n) is 4.94. The fourth-order valence-corrected chi connectivity index (χ4v) is 3.94. The molecule has 6 heteroatoms. The van der Waals surface area contributed by atoms with Crippen LogP contribution in [0.15, 0.2) is 58.3 Å². The monoisotopic (exact) mass is 436 g/mol. The van der Waals surface area contributed by atoms with Gasteiger partial charge in [0.25, 0.3) is 0 Å². The highest BCUT2D eigenvalue weighted by Crippen LogP contribution is 2.34. The summed E-state index contributed by atoms with van der Waals surface area (Å²) in [7, 11) is 0. The number of Topliss-reactive ketones (excluding diaryl/α,β-unsaturated/α-hetero) is 1. The predicted molar refractivity (Wildman–Crippen MR) is 113 cm³/mol. The molecule has 1 aromatic carbocycles. The number of halogens is 1. The first-order valence-electron chi connectivity index (χ1n) is 9.44. The van der Waals surface area contributed by atoms with Crippen LogP contribution in [0.5, 0.6) is 0 Å². The Bertz CT molecular complexity index is 1060. The molecule has 0 spiro atoms. The number of fused-ring (bicyclic) bond motifs is 3. The number of aromatic nitrogens is 3. The number of pyridine rings is 1. The topological polar surface area (TPSA) is 60.1 Å². The maximum absolute atomic E-state index is 11.7. The fourth-order valence-electron chi connectivity index (χ4n) is 3.58. The number of rotatable bonds is 5. The quantitative estimate of drug-likeness (QED) is 0.573. The molecule has 0 saturated heterocycles. The van der Waals surface area contributed by atoms with Gasteiger partial charge in [0.1, 0.15) is 17.6 Å². The van der Waals surface area contributed by atoms with E-state index in [-0.39, 0.29) is 11.8 Å². The summed E-state index contributed by atoms with van der Waals surface area (Å²) in [5.41, 5.74) is 4.83. The molecular weight excluding hydrogens is 416 g/mol. The molecule has 0 saturated carbocycles. The van der Waals surface area contributed by atoms with Crippen molar-refractivity contribution in [3.63, 3.8) is 0 Å². The zero-order valence-corrected chi connectivity index (χ0v) is 17.5. The van der Waals surface area contributed by atoms with Gasteiger partial charge in [-0.25, -0.2) is 4.98 Å². The number of imidazole rings is 1. The van der Waals surface area contributed by atoms with Crippen molar-refractivity contribution in [2.75, 3.05) is 0 Å². The van der Waals surface area contributed by atoms with Crippen LogP contribution in [0.1, 0.15) is 55.5 Å². The van der Waals surface area contributed by atoms with Crippen molar-refractivity contribution in [2.24, 2.45) is 4.99 Å². The van der Waals surface area contributed by atoms with Gasteiger partial charge in [-0.2, -0.15) is 0 Å². The van der Waals surface area contributed by atoms with E-state index in [1.54, 1.807) is 13.1 Å². The fraction of sp³-hybridized carbons (Fsp3) is 0.273. The SMILES string of the molecule is CCc1cnc2n1-c1ccc(Br)cc1C(c1ccccn1)=N[C@H]2CCC(C)=O. The van der Waals surface area contributed by atoms with Crippen molar-refractivity contribution in [3.8, 4) is 5.69 Å². The largest absolute Gasteiger partial charge is 0.300 e. The van der Waals surface area contributed by atoms with Gasteiger partial charge in [0.2, 0.25) is 0 Å². The molecule has 4 rings (SSSR count). The van der Waals surface area contributed by atoms with Gasteiger partial charge in [0.05, 0.1) is 17.1 Å². The summed E-state index contributed by atoms with van der Waals surface area (Å²) in [4.78, 5) is 26.0. The molecule has 0 fully saturated rings. The highest BCUT2D eigenvalue weighted by Gasteiger charge is 2.28.